The number of hydrazine groups is 8. The summed E-state index contributed by atoms with van der Waals surface area (Å²) in [6.45, 7) is 89.7. The Balaban J connectivity index is 0.00000104. The van der Waals surface area contributed by atoms with Crippen LogP contribution in [-0.2, 0) is 0 Å². The molecule has 16 heteroatoms. The highest BCUT2D eigenvalue weighted by Gasteiger charge is 2.30. The van der Waals surface area contributed by atoms with Crippen LogP contribution in [-0.4, -0.2) is 258 Å². The normalized spacial score (nSPS) is 21.5. The smallest absolute Gasteiger partial charge is 0.0189 e. The Bertz CT molecular complexity index is 1450. The zero-order chi connectivity index (χ0) is 71.2. The van der Waals surface area contributed by atoms with Crippen molar-refractivity contribution in [1.82, 2.24) is 81.0 Å². The molecular formula is C77H172N16. The molecule has 0 saturated carbocycles. The van der Waals surface area contributed by atoms with Gasteiger partial charge in [0, 0.05) is 188 Å². The minimum atomic E-state index is 0.525. The second kappa shape index (κ2) is 51.5. The third-order valence-electron chi connectivity index (χ3n) is 18.7. The van der Waals surface area contributed by atoms with E-state index in [0.29, 0.717) is 96.7 Å². The van der Waals surface area contributed by atoms with Crippen molar-refractivity contribution < 1.29 is 0 Å². The quantitative estimate of drug-likeness (QED) is 0.136. The van der Waals surface area contributed by atoms with Crippen LogP contribution in [0.2, 0.25) is 0 Å². The molecule has 7 fully saturated rings. The number of rotatable bonds is 17. The molecule has 0 aromatic rings. The zero-order valence-electron chi connectivity index (χ0n) is 69.0. The van der Waals surface area contributed by atoms with Gasteiger partial charge in [-0.15, -0.1) is 0 Å². The number of hydrogen-bond acceptors (Lipinski definition) is 16. The molecule has 560 valence electrons. The summed E-state index contributed by atoms with van der Waals surface area (Å²) in [5, 5.41) is 35.2. The van der Waals surface area contributed by atoms with Crippen molar-refractivity contribution >= 4 is 0 Å². The van der Waals surface area contributed by atoms with E-state index in [-0.39, 0.29) is 0 Å². The van der Waals surface area contributed by atoms with Crippen molar-refractivity contribution in [3.63, 3.8) is 0 Å². The van der Waals surface area contributed by atoms with E-state index in [1.165, 1.54) is 188 Å². The van der Waals surface area contributed by atoms with Crippen LogP contribution >= 0.6 is 0 Å². The Kier molecular flexibility index (Phi) is 51.1. The van der Waals surface area contributed by atoms with Crippen molar-refractivity contribution in [1.29, 1.82) is 0 Å². The fraction of sp³-hybridized carbons (Fsp3) is 1.00. The van der Waals surface area contributed by atoms with Crippen LogP contribution in [0, 0.1) is 0 Å². The third kappa shape index (κ3) is 38.1. The summed E-state index contributed by atoms with van der Waals surface area (Å²) in [7, 11) is 0. The van der Waals surface area contributed by atoms with Crippen LogP contribution in [0.5, 0.6) is 0 Å². The second-order valence-corrected chi connectivity index (χ2v) is 32.5. The van der Waals surface area contributed by atoms with Crippen LogP contribution in [0.3, 0.4) is 0 Å². The molecule has 0 unspecified atom stereocenters. The number of nitrogens with one attached hydrogen (secondary N) is 2. The molecule has 16 nitrogen and oxygen atoms in total. The van der Waals surface area contributed by atoms with E-state index in [1.54, 1.807) is 0 Å². The van der Waals surface area contributed by atoms with Crippen LogP contribution in [0.15, 0.2) is 0 Å². The molecule has 7 saturated heterocycles. The van der Waals surface area contributed by atoms with Gasteiger partial charge in [-0.25, -0.2) is 70.1 Å². The van der Waals surface area contributed by atoms with Crippen molar-refractivity contribution in [2.75, 3.05) is 91.6 Å². The topological polar surface area (TPSA) is 69.4 Å². The maximum absolute atomic E-state index is 3.09. The summed E-state index contributed by atoms with van der Waals surface area (Å²) in [5.74, 6) is 0. The van der Waals surface area contributed by atoms with Crippen molar-refractivity contribution in [2.45, 2.75) is 415 Å². The van der Waals surface area contributed by atoms with E-state index in [0.717, 1.165) is 0 Å². The highest BCUT2D eigenvalue weighted by Crippen LogP contribution is 2.23. The van der Waals surface area contributed by atoms with Gasteiger partial charge >= 0.3 is 0 Å². The third-order valence-corrected chi connectivity index (χ3v) is 18.7. The first-order valence-corrected chi connectivity index (χ1v) is 39.7. The monoisotopic (exact) mass is 1320 g/mol. The van der Waals surface area contributed by atoms with Crippen LogP contribution in [0.25, 0.3) is 0 Å². The molecule has 7 heterocycles. The first kappa shape index (κ1) is 92.4. The van der Waals surface area contributed by atoms with Gasteiger partial charge in [-0.3, -0.25) is 10.9 Å². The molecule has 0 radical (unpaired) electrons. The number of hydrogen-bond donors (Lipinski definition) is 2. The predicted molar refractivity (Wildman–Crippen MR) is 412 cm³/mol. The minimum Gasteiger partial charge on any atom is -0.255 e. The van der Waals surface area contributed by atoms with Gasteiger partial charge in [0.15, 0.2) is 0 Å². The Hall–Kier alpha value is -0.640. The van der Waals surface area contributed by atoms with E-state index in [1.807, 2.05) is 0 Å². The first-order valence-electron chi connectivity index (χ1n) is 39.7. The summed E-state index contributed by atoms with van der Waals surface area (Å²) in [5.41, 5.74) is 6.19. The summed E-state index contributed by atoms with van der Waals surface area (Å²) < 4.78 is 0. The van der Waals surface area contributed by atoms with Crippen LogP contribution in [0.1, 0.15) is 318 Å². The highest BCUT2D eigenvalue weighted by atomic mass is 15.7. The van der Waals surface area contributed by atoms with E-state index < -0.39 is 0 Å². The van der Waals surface area contributed by atoms with Crippen LogP contribution < -0.4 is 10.9 Å². The fourth-order valence-corrected chi connectivity index (χ4v) is 14.0. The van der Waals surface area contributed by atoms with Gasteiger partial charge < -0.3 is 0 Å². The zero-order valence-corrected chi connectivity index (χ0v) is 69.0. The predicted octanol–water partition coefficient (Wildman–Crippen LogP) is 16.1. The summed E-state index contributed by atoms with van der Waals surface area (Å²) in [4.78, 5) is 0. The average Bonchev–Trinajstić information content (AvgIpc) is 2.46. The average molecular weight is 1320 g/mol. The van der Waals surface area contributed by atoms with Crippen molar-refractivity contribution in [3.8, 4) is 0 Å². The van der Waals surface area contributed by atoms with Gasteiger partial charge in [0.1, 0.15) is 0 Å². The molecule has 0 aliphatic carbocycles. The molecule has 0 amide bonds. The van der Waals surface area contributed by atoms with E-state index >= 15 is 0 Å². The maximum Gasteiger partial charge on any atom is 0.0189 e. The van der Waals surface area contributed by atoms with Gasteiger partial charge in [0.05, 0.1) is 0 Å². The summed E-state index contributed by atoms with van der Waals surface area (Å²) >= 11 is 0. The van der Waals surface area contributed by atoms with Gasteiger partial charge in [0.25, 0.3) is 0 Å². The lowest BCUT2D eigenvalue weighted by molar-refractivity contribution is -0.0952. The summed E-state index contributed by atoms with van der Waals surface area (Å²) in [6, 6.07) is 10.3. The molecule has 0 aromatic carbocycles. The Morgan fingerprint density at radius 1 is 0.129 bits per heavy atom. The van der Waals surface area contributed by atoms with Crippen molar-refractivity contribution in [3.05, 3.63) is 0 Å². The second-order valence-electron chi connectivity index (χ2n) is 32.5. The molecule has 0 spiro atoms. The largest absolute Gasteiger partial charge is 0.255 e. The molecule has 0 aromatic heterocycles. The van der Waals surface area contributed by atoms with Gasteiger partial charge in [-0.05, 0) is 299 Å². The van der Waals surface area contributed by atoms with E-state index in [4.69, 9.17) is 0 Å². The molecule has 7 aliphatic heterocycles. The molecule has 0 bridgehead atoms. The Labute approximate surface area is 584 Å². The van der Waals surface area contributed by atoms with Gasteiger partial charge in [0.2, 0.25) is 0 Å². The highest BCUT2D eigenvalue weighted by molar-refractivity contribution is 4.77. The lowest BCUT2D eigenvalue weighted by Crippen LogP contribution is -2.53. The molecule has 93 heavy (non-hydrogen) atoms. The first-order chi connectivity index (χ1) is 43.5. The Morgan fingerprint density at radius 3 is 0.301 bits per heavy atom. The SMILES string of the molecule is CC(C)N1CCCCCN1C(C)C.CC(C)N1CCCCCN1C(C)C.CC(C)N1CCCCCN1C(C)C.CC(C)N1CCCCN1C(C)C.CC(C)N1CCCCN1C(C)C.CC(C)N1CCCN1C(C)C.CC(C)N1CCCN1C(C)C.CC(C)NNC(C)C. The molecule has 0 atom stereocenters. The standard InChI is InChI=1S/3C11H24N2.2C10H22N2.2C9H20N2.C6H16N2/c3*1-10(2)12-8-6-5-7-9-13(12)11(3)4;2*1-9(2)11-7-5-6-8-12(11)10(3)4;2*1-8(2)10-6-5-7-11(10)9(3)4;1-5(2)7-8-6(3)4/h3*10-11H,5-9H2,1-4H3;2*9-10H,5-8H2,1-4H3;2*8-9H,5-7H2,1-4H3;5-8H,1-4H3. The van der Waals surface area contributed by atoms with E-state index in [2.05, 4.69) is 303 Å². The van der Waals surface area contributed by atoms with Gasteiger partial charge in [-0.2, -0.15) is 0 Å². The Morgan fingerprint density at radius 2 is 0.215 bits per heavy atom. The lowest BCUT2D eigenvalue weighted by atomic mass is 10.2. The lowest BCUT2D eigenvalue weighted by Gasteiger charge is -2.43. The van der Waals surface area contributed by atoms with Crippen molar-refractivity contribution in [2.24, 2.45) is 0 Å². The van der Waals surface area contributed by atoms with Crippen LogP contribution in [0.4, 0.5) is 0 Å². The number of nitrogens with zero attached hydrogens (tertiary/aromatic N) is 14. The summed E-state index contributed by atoms with van der Waals surface area (Å²) in [6.07, 6.45) is 20.5. The molecule has 2 N–H and O–H groups in total. The van der Waals surface area contributed by atoms with Gasteiger partial charge in [-0.1, -0.05) is 19.3 Å². The van der Waals surface area contributed by atoms with E-state index in [9.17, 15) is 0 Å². The molecular weight excluding hydrogens is 1150 g/mol. The molecule has 7 aliphatic rings. The minimum absolute atomic E-state index is 0.525. The fourth-order valence-electron chi connectivity index (χ4n) is 14.0. The maximum atomic E-state index is 3.09. The molecule has 7 rings (SSSR count).